The summed E-state index contributed by atoms with van der Waals surface area (Å²) in [4.78, 5) is 26.3. The number of ether oxygens (including phenoxy) is 1. The minimum atomic E-state index is -0.807. The molecular weight excluding hydrogens is 244 g/mol. The number of para-hydroxylation sites is 1. The van der Waals surface area contributed by atoms with E-state index in [9.17, 15) is 9.59 Å². The second kappa shape index (κ2) is 5.56. The summed E-state index contributed by atoms with van der Waals surface area (Å²) < 4.78 is 5.10. The molecule has 1 heterocycles. The summed E-state index contributed by atoms with van der Waals surface area (Å²) in [7, 11) is 0. The second-order valence-corrected chi connectivity index (χ2v) is 4.21. The zero-order chi connectivity index (χ0) is 13.8. The van der Waals surface area contributed by atoms with E-state index in [2.05, 4.69) is 10.3 Å². The van der Waals surface area contributed by atoms with Gasteiger partial charge in [0.15, 0.2) is 6.10 Å². The molecule has 0 spiro atoms. The van der Waals surface area contributed by atoms with Gasteiger partial charge in [0.2, 0.25) is 0 Å². The molecule has 0 bridgehead atoms. The number of fused-ring (bicyclic) bond motifs is 1. The number of benzene rings is 1. The summed E-state index contributed by atoms with van der Waals surface area (Å²) in [6.45, 7) is 3.86. The summed E-state index contributed by atoms with van der Waals surface area (Å²) in [6, 6.07) is 9.26. The molecule has 1 atom stereocenters. The standard InChI is InChI=1S/C14H16N2O3/c1-3-15-13(17)9(2)19-14(18)12-8-10-6-4-5-7-11(10)16-12/h4-9,16H,3H2,1-2H3,(H,15,17)/t9-/m1/s1. The van der Waals surface area contributed by atoms with Crippen LogP contribution in [0.3, 0.4) is 0 Å². The van der Waals surface area contributed by atoms with Crippen molar-refractivity contribution in [2.45, 2.75) is 20.0 Å². The minimum absolute atomic E-state index is 0.299. The Morgan fingerprint density at radius 1 is 1.37 bits per heavy atom. The van der Waals surface area contributed by atoms with E-state index in [0.29, 0.717) is 12.2 Å². The minimum Gasteiger partial charge on any atom is -0.448 e. The van der Waals surface area contributed by atoms with Crippen LogP contribution in [0.4, 0.5) is 0 Å². The lowest BCUT2D eigenvalue weighted by Crippen LogP contribution is -2.35. The fourth-order valence-corrected chi connectivity index (χ4v) is 1.78. The molecule has 2 rings (SSSR count). The molecule has 0 unspecified atom stereocenters. The van der Waals surface area contributed by atoms with Crippen LogP contribution in [0.2, 0.25) is 0 Å². The topological polar surface area (TPSA) is 71.2 Å². The number of rotatable bonds is 4. The van der Waals surface area contributed by atoms with Crippen LogP contribution >= 0.6 is 0 Å². The van der Waals surface area contributed by atoms with Gasteiger partial charge in [0, 0.05) is 17.4 Å². The van der Waals surface area contributed by atoms with E-state index in [0.717, 1.165) is 10.9 Å². The van der Waals surface area contributed by atoms with Crippen LogP contribution in [-0.2, 0) is 9.53 Å². The third kappa shape index (κ3) is 2.93. The molecule has 2 N–H and O–H groups in total. The van der Waals surface area contributed by atoms with Crippen molar-refractivity contribution < 1.29 is 14.3 Å². The largest absolute Gasteiger partial charge is 0.448 e. The maximum absolute atomic E-state index is 11.9. The number of esters is 1. The Hall–Kier alpha value is -2.30. The first-order valence-corrected chi connectivity index (χ1v) is 6.18. The summed E-state index contributed by atoms with van der Waals surface area (Å²) >= 11 is 0. The smallest absolute Gasteiger partial charge is 0.355 e. The number of nitrogens with one attached hydrogen (secondary N) is 2. The number of hydrogen-bond donors (Lipinski definition) is 2. The van der Waals surface area contributed by atoms with E-state index in [1.807, 2.05) is 31.2 Å². The number of aromatic nitrogens is 1. The molecule has 100 valence electrons. The van der Waals surface area contributed by atoms with Gasteiger partial charge >= 0.3 is 5.97 Å². The highest BCUT2D eigenvalue weighted by Gasteiger charge is 2.19. The van der Waals surface area contributed by atoms with E-state index in [1.54, 1.807) is 13.0 Å². The molecule has 1 aromatic heterocycles. The van der Waals surface area contributed by atoms with E-state index < -0.39 is 12.1 Å². The van der Waals surface area contributed by atoms with Gasteiger partial charge in [-0.2, -0.15) is 0 Å². The van der Waals surface area contributed by atoms with Crippen molar-refractivity contribution in [2.75, 3.05) is 6.54 Å². The fraction of sp³-hybridized carbons (Fsp3) is 0.286. The van der Waals surface area contributed by atoms with E-state index in [1.165, 1.54) is 0 Å². The molecule has 19 heavy (non-hydrogen) atoms. The van der Waals surface area contributed by atoms with Crippen LogP contribution in [0.25, 0.3) is 10.9 Å². The number of aromatic amines is 1. The first-order valence-electron chi connectivity index (χ1n) is 6.18. The van der Waals surface area contributed by atoms with Gasteiger partial charge in [-0.05, 0) is 26.0 Å². The van der Waals surface area contributed by atoms with Crippen molar-refractivity contribution in [1.29, 1.82) is 0 Å². The summed E-state index contributed by atoms with van der Waals surface area (Å²) in [5.41, 5.74) is 1.21. The fourth-order valence-electron chi connectivity index (χ4n) is 1.78. The maximum Gasteiger partial charge on any atom is 0.355 e. The van der Waals surface area contributed by atoms with Crippen molar-refractivity contribution >= 4 is 22.8 Å². The molecule has 1 aromatic carbocycles. The van der Waals surface area contributed by atoms with Crippen molar-refractivity contribution in [1.82, 2.24) is 10.3 Å². The van der Waals surface area contributed by atoms with Crippen molar-refractivity contribution in [3.8, 4) is 0 Å². The SMILES string of the molecule is CCNC(=O)[C@@H](C)OC(=O)c1cc2ccccc2[nH]1. The molecule has 0 saturated carbocycles. The average Bonchev–Trinajstić information content (AvgIpc) is 2.82. The molecule has 1 amide bonds. The van der Waals surface area contributed by atoms with Gasteiger partial charge in [0.25, 0.3) is 5.91 Å². The van der Waals surface area contributed by atoms with Gasteiger partial charge in [-0.15, -0.1) is 0 Å². The average molecular weight is 260 g/mol. The number of carbonyl (C=O) groups excluding carboxylic acids is 2. The van der Waals surface area contributed by atoms with E-state index in [-0.39, 0.29) is 5.91 Å². The Morgan fingerprint density at radius 2 is 2.11 bits per heavy atom. The Morgan fingerprint density at radius 3 is 2.79 bits per heavy atom. The summed E-state index contributed by atoms with van der Waals surface area (Å²) in [6.07, 6.45) is -0.807. The Labute approximate surface area is 110 Å². The highest BCUT2D eigenvalue weighted by molar-refractivity contribution is 5.96. The number of carbonyl (C=O) groups is 2. The normalized spacial score (nSPS) is 12.1. The molecule has 2 aromatic rings. The number of H-pyrrole nitrogens is 1. The number of likely N-dealkylation sites (N-methyl/N-ethyl adjacent to an activating group) is 1. The molecule has 0 aliphatic rings. The van der Waals surface area contributed by atoms with Gasteiger partial charge in [-0.1, -0.05) is 18.2 Å². The van der Waals surface area contributed by atoms with Crippen LogP contribution in [-0.4, -0.2) is 29.5 Å². The molecule has 5 nitrogen and oxygen atoms in total. The summed E-state index contributed by atoms with van der Waals surface area (Å²) in [5.74, 6) is -0.832. The van der Waals surface area contributed by atoms with Crippen molar-refractivity contribution in [3.05, 3.63) is 36.0 Å². The first kappa shape index (κ1) is 13.1. The highest BCUT2D eigenvalue weighted by Crippen LogP contribution is 2.15. The third-order valence-electron chi connectivity index (χ3n) is 2.75. The molecule has 0 fully saturated rings. The van der Waals surface area contributed by atoms with Crippen molar-refractivity contribution in [2.24, 2.45) is 0 Å². The third-order valence-corrected chi connectivity index (χ3v) is 2.75. The van der Waals surface area contributed by atoms with Crippen LogP contribution in [0.5, 0.6) is 0 Å². The molecule has 5 heteroatoms. The Bertz CT molecular complexity index is 571. The van der Waals surface area contributed by atoms with Crippen LogP contribution in [0, 0.1) is 0 Å². The van der Waals surface area contributed by atoms with Crippen LogP contribution in [0.1, 0.15) is 24.3 Å². The quantitative estimate of drug-likeness (QED) is 0.824. The van der Waals surface area contributed by atoms with Gasteiger partial charge in [0.1, 0.15) is 5.69 Å². The lowest BCUT2D eigenvalue weighted by molar-refractivity contribution is -0.128. The van der Waals surface area contributed by atoms with Crippen LogP contribution < -0.4 is 5.32 Å². The lowest BCUT2D eigenvalue weighted by Gasteiger charge is -2.11. The molecule has 0 aliphatic carbocycles. The predicted octanol–water partition coefficient (Wildman–Crippen LogP) is 1.85. The van der Waals surface area contributed by atoms with E-state index in [4.69, 9.17) is 4.74 Å². The maximum atomic E-state index is 11.9. The monoisotopic (exact) mass is 260 g/mol. The molecule has 0 aliphatic heterocycles. The van der Waals surface area contributed by atoms with Gasteiger partial charge in [-0.25, -0.2) is 4.79 Å². The van der Waals surface area contributed by atoms with Gasteiger partial charge in [-0.3, -0.25) is 4.79 Å². The van der Waals surface area contributed by atoms with Crippen molar-refractivity contribution in [3.63, 3.8) is 0 Å². The van der Waals surface area contributed by atoms with E-state index >= 15 is 0 Å². The zero-order valence-electron chi connectivity index (χ0n) is 10.9. The highest BCUT2D eigenvalue weighted by atomic mass is 16.5. The second-order valence-electron chi connectivity index (χ2n) is 4.21. The zero-order valence-corrected chi connectivity index (χ0v) is 10.9. The number of hydrogen-bond acceptors (Lipinski definition) is 3. The lowest BCUT2D eigenvalue weighted by atomic mass is 10.2. The first-order chi connectivity index (χ1) is 9.11. The molecule has 0 saturated heterocycles. The van der Waals surface area contributed by atoms with Gasteiger partial charge in [0.05, 0.1) is 0 Å². The Balaban J connectivity index is 2.09. The number of amides is 1. The molecule has 0 radical (unpaired) electrons. The molecular formula is C14H16N2O3. The predicted molar refractivity (Wildman–Crippen MR) is 71.9 cm³/mol. The summed E-state index contributed by atoms with van der Waals surface area (Å²) in [5, 5.41) is 3.53. The Kier molecular flexibility index (Phi) is 3.85. The van der Waals surface area contributed by atoms with Crippen LogP contribution in [0.15, 0.2) is 30.3 Å². The van der Waals surface area contributed by atoms with Gasteiger partial charge < -0.3 is 15.0 Å².